The fourth-order valence-corrected chi connectivity index (χ4v) is 3.76. The van der Waals surface area contributed by atoms with Crippen molar-refractivity contribution < 1.29 is 49.7 Å². The van der Waals surface area contributed by atoms with E-state index in [0.29, 0.717) is 0 Å². The molecule has 0 bridgehead atoms. The Kier molecular flexibility index (Phi) is 5.20. The Bertz CT molecular complexity index is 1080. The van der Waals surface area contributed by atoms with Gasteiger partial charge in [0, 0.05) is 22.3 Å². The Hall–Kier alpha value is -3.02. The normalized spacial score (nSPS) is 27.6. The van der Waals surface area contributed by atoms with E-state index in [1.807, 2.05) is 0 Å². The van der Waals surface area contributed by atoms with E-state index in [9.17, 15) is 40.2 Å². The van der Waals surface area contributed by atoms with Crippen LogP contribution in [0.15, 0.2) is 24.3 Å². The van der Waals surface area contributed by atoms with E-state index in [-0.39, 0.29) is 39.3 Å². The summed E-state index contributed by atoms with van der Waals surface area (Å²) in [6, 6.07) is 4.89. The van der Waals surface area contributed by atoms with Crippen molar-refractivity contribution in [1.29, 1.82) is 0 Å². The maximum atomic E-state index is 13.0. The molecule has 1 saturated heterocycles. The lowest BCUT2D eigenvalue weighted by Gasteiger charge is -2.39. The van der Waals surface area contributed by atoms with Crippen LogP contribution in [0.2, 0.25) is 0 Å². The third-order valence-corrected chi connectivity index (χ3v) is 5.56. The van der Waals surface area contributed by atoms with Gasteiger partial charge in [-0.15, -0.1) is 0 Å². The van der Waals surface area contributed by atoms with E-state index in [1.165, 1.54) is 25.1 Å². The van der Waals surface area contributed by atoms with Crippen molar-refractivity contribution in [2.45, 2.75) is 37.6 Å². The molecule has 6 N–H and O–H groups in total. The molecule has 10 heteroatoms. The molecule has 0 aromatic heterocycles. The average Bonchev–Trinajstić information content (AvgIpc) is 2.75. The number of phenolic OH excluding ortho intramolecular Hbond substituents is 2. The Balaban J connectivity index is 1.75. The van der Waals surface area contributed by atoms with E-state index < -0.39 is 54.6 Å². The molecule has 4 rings (SSSR count). The molecule has 2 aromatic rings. The summed E-state index contributed by atoms with van der Waals surface area (Å²) in [5, 5.41) is 59.6. The summed E-state index contributed by atoms with van der Waals surface area (Å²) in [6.45, 7) is 0.755. The van der Waals surface area contributed by atoms with Crippen LogP contribution in [0.3, 0.4) is 0 Å². The summed E-state index contributed by atoms with van der Waals surface area (Å²) in [7, 11) is 0. The van der Waals surface area contributed by atoms with Crippen LogP contribution in [-0.2, 0) is 4.74 Å². The van der Waals surface area contributed by atoms with E-state index in [4.69, 9.17) is 9.47 Å². The monoisotopic (exact) mass is 432 g/mol. The first kappa shape index (κ1) is 21.2. The Morgan fingerprint density at radius 1 is 0.935 bits per heavy atom. The van der Waals surface area contributed by atoms with Gasteiger partial charge in [-0.1, -0.05) is 0 Å². The quantitative estimate of drug-likeness (QED) is 0.312. The van der Waals surface area contributed by atoms with E-state index in [1.54, 1.807) is 0 Å². The molecule has 5 atom stereocenters. The maximum absolute atomic E-state index is 13.0. The second kappa shape index (κ2) is 7.59. The summed E-state index contributed by atoms with van der Waals surface area (Å²) in [6.07, 6.45) is -7.72. The van der Waals surface area contributed by atoms with Crippen LogP contribution in [-0.4, -0.2) is 79.5 Å². The van der Waals surface area contributed by atoms with Crippen molar-refractivity contribution in [3.05, 3.63) is 52.1 Å². The smallest absolute Gasteiger partial charge is 0.229 e. The molecule has 1 fully saturated rings. The van der Waals surface area contributed by atoms with Gasteiger partial charge >= 0.3 is 0 Å². The van der Waals surface area contributed by atoms with Gasteiger partial charge in [-0.05, 0) is 31.2 Å². The highest BCUT2D eigenvalue weighted by Gasteiger charge is 2.45. The number of phenols is 2. The molecule has 0 amide bonds. The molecule has 0 radical (unpaired) electrons. The van der Waals surface area contributed by atoms with Gasteiger partial charge in [0.15, 0.2) is 11.6 Å². The van der Waals surface area contributed by atoms with Crippen LogP contribution < -0.4 is 4.74 Å². The van der Waals surface area contributed by atoms with Crippen LogP contribution >= 0.6 is 0 Å². The lowest BCUT2D eigenvalue weighted by atomic mass is 9.82. The molecule has 2 aliphatic rings. The number of ketones is 2. The average molecular weight is 432 g/mol. The second-order valence-corrected chi connectivity index (χ2v) is 7.47. The van der Waals surface area contributed by atoms with Gasteiger partial charge in [0.05, 0.1) is 12.2 Å². The van der Waals surface area contributed by atoms with Crippen LogP contribution in [0.1, 0.15) is 37.4 Å². The Morgan fingerprint density at radius 3 is 2.32 bits per heavy atom. The Labute approximate surface area is 175 Å². The van der Waals surface area contributed by atoms with Gasteiger partial charge in [-0.2, -0.15) is 0 Å². The lowest BCUT2D eigenvalue weighted by molar-refractivity contribution is -0.277. The van der Waals surface area contributed by atoms with Crippen molar-refractivity contribution in [3.63, 3.8) is 0 Å². The zero-order valence-electron chi connectivity index (χ0n) is 16.2. The third-order valence-electron chi connectivity index (χ3n) is 5.56. The largest absolute Gasteiger partial charge is 0.508 e. The summed E-state index contributed by atoms with van der Waals surface area (Å²) in [5.74, 6) is -2.07. The Morgan fingerprint density at radius 2 is 1.65 bits per heavy atom. The molecule has 1 aliphatic carbocycles. The molecule has 0 spiro atoms. The van der Waals surface area contributed by atoms with Crippen molar-refractivity contribution in [2.75, 3.05) is 6.61 Å². The number of aliphatic hydroxyl groups is 4. The van der Waals surface area contributed by atoms with Gasteiger partial charge in [0.1, 0.15) is 41.7 Å². The van der Waals surface area contributed by atoms with Crippen LogP contribution in [0.25, 0.3) is 0 Å². The maximum Gasteiger partial charge on any atom is 0.229 e. The molecular formula is C21H20O10. The van der Waals surface area contributed by atoms with Crippen molar-refractivity contribution in [2.24, 2.45) is 0 Å². The van der Waals surface area contributed by atoms with Gasteiger partial charge in [-0.25, -0.2) is 0 Å². The van der Waals surface area contributed by atoms with E-state index in [2.05, 4.69) is 0 Å². The predicted octanol–water partition coefficient (Wildman–Crippen LogP) is -0.640. The first-order chi connectivity index (χ1) is 14.6. The van der Waals surface area contributed by atoms with Crippen molar-refractivity contribution >= 4 is 11.6 Å². The first-order valence-electron chi connectivity index (χ1n) is 9.41. The van der Waals surface area contributed by atoms with Crippen LogP contribution in [0.4, 0.5) is 0 Å². The van der Waals surface area contributed by atoms with Gasteiger partial charge in [-0.3, -0.25) is 9.59 Å². The number of carbonyl (C=O) groups is 2. The minimum absolute atomic E-state index is 0.0348. The number of carbonyl (C=O) groups excluding carboxylic acids is 2. The number of aliphatic hydroxyl groups excluding tert-OH is 4. The highest BCUT2D eigenvalue weighted by molar-refractivity contribution is 6.29. The fourth-order valence-electron chi connectivity index (χ4n) is 3.76. The zero-order chi connectivity index (χ0) is 22.6. The molecular weight excluding hydrogens is 412 g/mol. The van der Waals surface area contributed by atoms with Gasteiger partial charge in [0.25, 0.3) is 0 Å². The third kappa shape index (κ3) is 3.25. The number of hydrogen-bond donors (Lipinski definition) is 6. The molecule has 1 aliphatic heterocycles. The summed E-state index contributed by atoms with van der Waals surface area (Å²) in [5.41, 5.74) is -0.334. The number of ether oxygens (including phenoxy) is 2. The predicted molar refractivity (Wildman–Crippen MR) is 102 cm³/mol. The van der Waals surface area contributed by atoms with Gasteiger partial charge in [0.2, 0.25) is 6.29 Å². The zero-order valence-corrected chi connectivity index (χ0v) is 16.2. The molecule has 0 unspecified atom stereocenters. The minimum Gasteiger partial charge on any atom is -0.508 e. The molecule has 2 aromatic carbocycles. The molecule has 0 saturated carbocycles. The number of rotatable bonds is 3. The highest BCUT2D eigenvalue weighted by atomic mass is 16.7. The molecule has 10 nitrogen and oxygen atoms in total. The van der Waals surface area contributed by atoms with Crippen molar-refractivity contribution in [1.82, 2.24) is 0 Å². The molecule has 31 heavy (non-hydrogen) atoms. The van der Waals surface area contributed by atoms with Gasteiger partial charge < -0.3 is 40.1 Å². The fraction of sp³-hybridized carbons (Fsp3) is 0.333. The van der Waals surface area contributed by atoms with E-state index in [0.717, 1.165) is 6.07 Å². The van der Waals surface area contributed by atoms with E-state index >= 15 is 0 Å². The van der Waals surface area contributed by atoms with Crippen LogP contribution in [0, 0.1) is 6.92 Å². The number of fused-ring (bicyclic) bond motifs is 2. The van der Waals surface area contributed by atoms with Crippen molar-refractivity contribution in [3.8, 4) is 17.2 Å². The summed E-state index contributed by atoms with van der Waals surface area (Å²) >= 11 is 0. The SMILES string of the molecule is Cc1c(O[C@@H]2O[C@H](CO)[C@@H](O)[C@H](O)[C@H]2O)cc2c(c1O)C(=O)c1ccc(O)cc1C2=O. The molecule has 1 heterocycles. The highest BCUT2D eigenvalue weighted by Crippen LogP contribution is 2.41. The number of hydrogen-bond acceptors (Lipinski definition) is 10. The number of benzene rings is 2. The summed E-state index contributed by atoms with van der Waals surface area (Å²) in [4.78, 5) is 25.8. The standard InChI is InChI=1S/C21H20O10/c1-7-12(30-21-20(29)19(28)18(27)13(6-22)31-21)5-11-14(15(7)24)17(26)9-3-2-8(23)4-10(9)16(11)25/h2-5,13,18-24,27-29H,6H2,1H3/t13-,18-,19+,20-,21-/m1/s1. The lowest BCUT2D eigenvalue weighted by Crippen LogP contribution is -2.60. The second-order valence-electron chi connectivity index (χ2n) is 7.47. The molecule has 164 valence electrons. The first-order valence-corrected chi connectivity index (χ1v) is 9.41. The topological polar surface area (TPSA) is 174 Å². The number of aromatic hydroxyl groups is 2. The van der Waals surface area contributed by atoms with Crippen LogP contribution in [0.5, 0.6) is 17.2 Å². The minimum atomic E-state index is -1.70. The summed E-state index contributed by atoms with van der Waals surface area (Å²) < 4.78 is 10.9.